The van der Waals surface area contributed by atoms with Gasteiger partial charge in [-0.1, -0.05) is 23.7 Å². The first-order valence-corrected chi connectivity index (χ1v) is 8.15. The number of halogens is 1. The molecule has 0 fully saturated rings. The second kappa shape index (κ2) is 7.98. The van der Waals surface area contributed by atoms with Crippen LogP contribution in [0.4, 0.5) is 5.69 Å². The van der Waals surface area contributed by atoms with Crippen molar-refractivity contribution in [1.82, 2.24) is 4.90 Å². The zero-order chi connectivity index (χ0) is 18.6. The van der Waals surface area contributed by atoms with E-state index in [0.717, 1.165) is 5.56 Å². The average molecular weight is 363 g/mol. The highest BCUT2D eigenvalue weighted by atomic mass is 35.5. The van der Waals surface area contributed by atoms with E-state index in [4.69, 9.17) is 16.3 Å². The number of rotatable bonds is 6. The molecule has 6 nitrogen and oxygen atoms in total. The van der Waals surface area contributed by atoms with Gasteiger partial charge in [-0.2, -0.15) is 0 Å². The molecule has 0 aromatic heterocycles. The Labute approximate surface area is 151 Å². The summed E-state index contributed by atoms with van der Waals surface area (Å²) in [5, 5.41) is 10.9. The molecule has 0 bridgehead atoms. The highest BCUT2D eigenvalue weighted by molar-refractivity contribution is 6.34. The molecule has 1 atom stereocenters. The molecule has 0 radical (unpaired) electrons. The summed E-state index contributed by atoms with van der Waals surface area (Å²) in [6.45, 7) is 4.24. The molecule has 7 heteroatoms. The molecule has 0 aliphatic heterocycles. The van der Waals surface area contributed by atoms with Crippen molar-refractivity contribution in [2.75, 3.05) is 13.7 Å². The summed E-state index contributed by atoms with van der Waals surface area (Å²) >= 11 is 6.10. The van der Waals surface area contributed by atoms with Gasteiger partial charge >= 0.3 is 0 Å². The fraction of sp³-hybridized carbons (Fsp3) is 0.278. The van der Waals surface area contributed by atoms with E-state index in [1.165, 1.54) is 18.2 Å². The molecule has 1 amide bonds. The van der Waals surface area contributed by atoms with E-state index in [2.05, 4.69) is 0 Å². The fourth-order valence-electron chi connectivity index (χ4n) is 2.62. The molecular weight excluding hydrogens is 344 g/mol. The Kier molecular flexibility index (Phi) is 5.98. The molecule has 0 spiro atoms. The van der Waals surface area contributed by atoms with Crippen LogP contribution in [0.15, 0.2) is 42.5 Å². The second-order valence-corrected chi connectivity index (χ2v) is 5.87. The quantitative estimate of drug-likeness (QED) is 0.561. The SMILES string of the molecule is CCN(C(=O)c1ccc([N+](=O)[O-])cc1Cl)C(C)c1cccc(OC)c1. The molecule has 1 unspecified atom stereocenters. The maximum absolute atomic E-state index is 12.9. The van der Waals surface area contributed by atoms with Gasteiger partial charge < -0.3 is 9.64 Å². The maximum Gasteiger partial charge on any atom is 0.270 e. The van der Waals surface area contributed by atoms with E-state index in [1.807, 2.05) is 38.1 Å². The van der Waals surface area contributed by atoms with Crippen LogP contribution in [0.2, 0.25) is 5.02 Å². The lowest BCUT2D eigenvalue weighted by atomic mass is 10.0. The number of carbonyl (C=O) groups excluding carboxylic acids is 1. The van der Waals surface area contributed by atoms with E-state index in [0.29, 0.717) is 12.3 Å². The molecule has 0 saturated carbocycles. The molecule has 0 aliphatic rings. The van der Waals surface area contributed by atoms with Crippen molar-refractivity contribution in [1.29, 1.82) is 0 Å². The van der Waals surface area contributed by atoms with Crippen molar-refractivity contribution in [3.8, 4) is 5.75 Å². The number of hydrogen-bond acceptors (Lipinski definition) is 4. The van der Waals surface area contributed by atoms with Crippen LogP contribution >= 0.6 is 11.6 Å². The Morgan fingerprint density at radius 2 is 2.04 bits per heavy atom. The summed E-state index contributed by atoms with van der Waals surface area (Å²) in [7, 11) is 1.59. The van der Waals surface area contributed by atoms with Crippen LogP contribution in [0.1, 0.15) is 35.8 Å². The summed E-state index contributed by atoms with van der Waals surface area (Å²) in [6, 6.07) is 11.1. The fourth-order valence-corrected chi connectivity index (χ4v) is 2.88. The average Bonchev–Trinajstić information content (AvgIpc) is 2.61. The van der Waals surface area contributed by atoms with Crippen LogP contribution in [-0.2, 0) is 0 Å². The Bertz CT molecular complexity index is 794. The van der Waals surface area contributed by atoms with Crippen LogP contribution in [0.3, 0.4) is 0 Å². The van der Waals surface area contributed by atoms with Gasteiger partial charge in [0, 0.05) is 18.7 Å². The van der Waals surface area contributed by atoms with Crippen molar-refractivity contribution < 1.29 is 14.5 Å². The number of nitrogens with zero attached hydrogens (tertiary/aromatic N) is 2. The molecule has 0 aliphatic carbocycles. The van der Waals surface area contributed by atoms with Gasteiger partial charge in [-0.3, -0.25) is 14.9 Å². The van der Waals surface area contributed by atoms with Gasteiger partial charge in [0.15, 0.2) is 0 Å². The summed E-state index contributed by atoms with van der Waals surface area (Å²) in [5.41, 5.74) is 1.02. The molecule has 2 rings (SSSR count). The molecule has 2 aromatic carbocycles. The van der Waals surface area contributed by atoms with Gasteiger partial charge in [-0.05, 0) is 37.6 Å². The topological polar surface area (TPSA) is 72.7 Å². The van der Waals surface area contributed by atoms with Gasteiger partial charge in [-0.25, -0.2) is 0 Å². The van der Waals surface area contributed by atoms with Crippen LogP contribution in [0.5, 0.6) is 5.75 Å². The normalized spacial score (nSPS) is 11.7. The zero-order valence-corrected chi connectivity index (χ0v) is 15.0. The smallest absolute Gasteiger partial charge is 0.270 e. The number of benzene rings is 2. The minimum Gasteiger partial charge on any atom is -0.497 e. The van der Waals surface area contributed by atoms with Gasteiger partial charge in [0.1, 0.15) is 5.75 Å². The number of amides is 1. The van der Waals surface area contributed by atoms with Crippen molar-refractivity contribution >= 4 is 23.2 Å². The van der Waals surface area contributed by atoms with E-state index in [1.54, 1.807) is 12.0 Å². The lowest BCUT2D eigenvalue weighted by Crippen LogP contribution is -2.33. The number of ether oxygens (including phenoxy) is 1. The summed E-state index contributed by atoms with van der Waals surface area (Å²) < 4.78 is 5.23. The number of hydrogen-bond donors (Lipinski definition) is 0. The van der Waals surface area contributed by atoms with E-state index < -0.39 is 4.92 Å². The van der Waals surface area contributed by atoms with Crippen molar-refractivity contribution in [3.05, 3.63) is 68.7 Å². The molecule has 0 N–H and O–H groups in total. The first-order valence-electron chi connectivity index (χ1n) is 7.77. The predicted molar refractivity (Wildman–Crippen MR) is 96.2 cm³/mol. The van der Waals surface area contributed by atoms with E-state index in [9.17, 15) is 14.9 Å². The lowest BCUT2D eigenvalue weighted by molar-refractivity contribution is -0.384. The second-order valence-electron chi connectivity index (χ2n) is 5.47. The van der Waals surface area contributed by atoms with Gasteiger partial charge in [0.05, 0.1) is 28.7 Å². The van der Waals surface area contributed by atoms with Crippen molar-refractivity contribution in [3.63, 3.8) is 0 Å². The van der Waals surface area contributed by atoms with Gasteiger partial charge in [0.25, 0.3) is 11.6 Å². The van der Waals surface area contributed by atoms with E-state index in [-0.39, 0.29) is 28.2 Å². The minimum atomic E-state index is -0.545. The van der Waals surface area contributed by atoms with Crippen LogP contribution in [0.25, 0.3) is 0 Å². The third kappa shape index (κ3) is 4.09. The third-order valence-corrected chi connectivity index (χ3v) is 4.35. The molecular formula is C18H19ClN2O4. The molecule has 0 saturated heterocycles. The lowest BCUT2D eigenvalue weighted by Gasteiger charge is -2.29. The maximum atomic E-state index is 12.9. The first kappa shape index (κ1) is 18.7. The summed E-state index contributed by atoms with van der Waals surface area (Å²) in [4.78, 5) is 24.8. The molecule has 2 aromatic rings. The number of non-ortho nitro benzene ring substituents is 1. The zero-order valence-electron chi connectivity index (χ0n) is 14.2. The summed E-state index contributed by atoms with van der Waals surface area (Å²) in [6.07, 6.45) is 0. The minimum absolute atomic E-state index is 0.0653. The summed E-state index contributed by atoms with van der Waals surface area (Å²) in [5.74, 6) is 0.430. The third-order valence-electron chi connectivity index (χ3n) is 4.04. The van der Waals surface area contributed by atoms with Crippen molar-refractivity contribution in [2.24, 2.45) is 0 Å². The standard InChI is InChI=1S/C18H19ClN2O4/c1-4-20(12(2)13-6-5-7-15(10-13)25-3)18(22)16-9-8-14(21(23)24)11-17(16)19/h5-12H,4H2,1-3H3. The predicted octanol–water partition coefficient (Wildman–Crippen LogP) is 4.48. The largest absolute Gasteiger partial charge is 0.497 e. The van der Waals surface area contributed by atoms with Gasteiger partial charge in [-0.15, -0.1) is 0 Å². The molecule has 132 valence electrons. The molecule has 0 heterocycles. The Hall–Kier alpha value is -2.60. The van der Waals surface area contributed by atoms with Crippen LogP contribution in [0, 0.1) is 10.1 Å². The Morgan fingerprint density at radius 3 is 2.60 bits per heavy atom. The van der Waals surface area contributed by atoms with Crippen molar-refractivity contribution in [2.45, 2.75) is 19.9 Å². The number of nitro benzene ring substituents is 1. The first-order chi connectivity index (χ1) is 11.9. The highest BCUT2D eigenvalue weighted by Crippen LogP contribution is 2.28. The van der Waals surface area contributed by atoms with E-state index >= 15 is 0 Å². The van der Waals surface area contributed by atoms with Crippen LogP contribution < -0.4 is 4.74 Å². The molecule has 25 heavy (non-hydrogen) atoms. The Balaban J connectivity index is 2.33. The number of carbonyl (C=O) groups is 1. The highest BCUT2D eigenvalue weighted by Gasteiger charge is 2.24. The Morgan fingerprint density at radius 1 is 1.32 bits per heavy atom. The number of methoxy groups -OCH3 is 1. The number of nitro groups is 1. The van der Waals surface area contributed by atoms with Crippen LogP contribution in [-0.4, -0.2) is 29.4 Å². The monoisotopic (exact) mass is 362 g/mol. The van der Waals surface area contributed by atoms with Gasteiger partial charge in [0.2, 0.25) is 0 Å².